The van der Waals surface area contributed by atoms with Crippen molar-refractivity contribution in [3.05, 3.63) is 59.4 Å². The normalized spacial score (nSPS) is 15.7. The third-order valence-electron chi connectivity index (χ3n) is 3.80. The van der Waals surface area contributed by atoms with Gasteiger partial charge in [-0.2, -0.15) is 0 Å². The number of hydrogen-bond acceptors (Lipinski definition) is 4. The molecule has 0 saturated heterocycles. The van der Waals surface area contributed by atoms with Crippen LogP contribution in [-0.4, -0.2) is 22.5 Å². The van der Waals surface area contributed by atoms with Gasteiger partial charge in [-0.3, -0.25) is 4.98 Å². The molecule has 0 amide bonds. The summed E-state index contributed by atoms with van der Waals surface area (Å²) in [6.45, 7) is 0.631. The van der Waals surface area contributed by atoms with Crippen molar-refractivity contribution in [3.63, 3.8) is 0 Å². The maximum Gasteiger partial charge on any atom is 0.123 e. The van der Waals surface area contributed by atoms with Crippen LogP contribution in [0.1, 0.15) is 29.5 Å². The van der Waals surface area contributed by atoms with E-state index in [4.69, 9.17) is 9.94 Å². The van der Waals surface area contributed by atoms with Crippen LogP contribution in [0.3, 0.4) is 0 Å². The first-order valence-electron chi connectivity index (χ1n) is 7.23. The average molecular weight is 282 g/mol. The second kappa shape index (κ2) is 6.39. The van der Waals surface area contributed by atoms with Crippen molar-refractivity contribution in [2.24, 2.45) is 5.16 Å². The Hall–Kier alpha value is -2.36. The van der Waals surface area contributed by atoms with E-state index in [0.717, 1.165) is 48.3 Å². The van der Waals surface area contributed by atoms with Gasteiger partial charge < -0.3 is 9.94 Å². The van der Waals surface area contributed by atoms with E-state index in [1.165, 1.54) is 5.56 Å². The lowest BCUT2D eigenvalue weighted by molar-refractivity contribution is 0.314. The van der Waals surface area contributed by atoms with Crippen LogP contribution < -0.4 is 4.74 Å². The van der Waals surface area contributed by atoms with Crippen LogP contribution in [0.5, 0.6) is 5.75 Å². The molecule has 0 unspecified atom stereocenters. The fourth-order valence-corrected chi connectivity index (χ4v) is 2.73. The first-order valence-corrected chi connectivity index (χ1v) is 7.23. The van der Waals surface area contributed by atoms with Gasteiger partial charge in [-0.1, -0.05) is 17.3 Å². The highest BCUT2D eigenvalue weighted by Crippen LogP contribution is 2.30. The topological polar surface area (TPSA) is 54.7 Å². The van der Waals surface area contributed by atoms with E-state index in [9.17, 15) is 0 Å². The Morgan fingerprint density at radius 3 is 2.81 bits per heavy atom. The Balaban J connectivity index is 1.72. The highest BCUT2D eigenvalue weighted by Gasteiger charge is 2.19. The second-order valence-corrected chi connectivity index (χ2v) is 5.14. The van der Waals surface area contributed by atoms with Crippen molar-refractivity contribution in [2.75, 3.05) is 6.61 Å². The number of pyridine rings is 1. The van der Waals surface area contributed by atoms with Crippen LogP contribution in [0.2, 0.25) is 0 Å². The highest BCUT2D eigenvalue weighted by atomic mass is 16.5. The molecule has 4 nitrogen and oxygen atoms in total. The molecule has 0 spiro atoms. The quantitative estimate of drug-likeness (QED) is 0.692. The molecule has 1 aromatic heterocycles. The number of fused-ring (bicyclic) bond motifs is 1. The summed E-state index contributed by atoms with van der Waals surface area (Å²) in [7, 11) is 0. The van der Waals surface area contributed by atoms with E-state index in [2.05, 4.69) is 10.1 Å². The minimum Gasteiger partial charge on any atom is -0.493 e. The molecule has 0 aliphatic heterocycles. The lowest BCUT2D eigenvalue weighted by Gasteiger charge is -2.20. The lowest BCUT2D eigenvalue weighted by Crippen LogP contribution is -2.14. The summed E-state index contributed by atoms with van der Waals surface area (Å²) in [6, 6.07) is 9.95. The highest BCUT2D eigenvalue weighted by molar-refractivity contribution is 6.02. The van der Waals surface area contributed by atoms with Crippen molar-refractivity contribution in [2.45, 2.75) is 25.7 Å². The second-order valence-electron chi connectivity index (χ2n) is 5.14. The van der Waals surface area contributed by atoms with E-state index < -0.39 is 0 Å². The third-order valence-corrected chi connectivity index (χ3v) is 3.80. The Labute approximate surface area is 124 Å². The Morgan fingerprint density at radius 2 is 2.00 bits per heavy atom. The molecule has 0 saturated carbocycles. The predicted octanol–water partition coefficient (Wildman–Crippen LogP) is 3.22. The molecule has 4 heteroatoms. The average Bonchev–Trinajstić information content (AvgIpc) is 2.55. The van der Waals surface area contributed by atoms with Crippen molar-refractivity contribution in [1.29, 1.82) is 0 Å². The summed E-state index contributed by atoms with van der Waals surface area (Å²) in [4.78, 5) is 4.01. The van der Waals surface area contributed by atoms with Gasteiger partial charge in [0.1, 0.15) is 5.75 Å². The Morgan fingerprint density at radius 1 is 1.14 bits per heavy atom. The van der Waals surface area contributed by atoms with Gasteiger partial charge in [0.15, 0.2) is 0 Å². The molecule has 1 aliphatic carbocycles. The zero-order valence-electron chi connectivity index (χ0n) is 11.8. The van der Waals surface area contributed by atoms with Crippen molar-refractivity contribution in [1.82, 2.24) is 4.98 Å². The number of benzene rings is 1. The van der Waals surface area contributed by atoms with E-state index in [1.807, 2.05) is 30.3 Å². The molecule has 3 rings (SSSR count). The summed E-state index contributed by atoms with van der Waals surface area (Å²) >= 11 is 0. The Bertz CT molecular complexity index is 638. The number of hydrogen-bond donors (Lipinski definition) is 1. The fraction of sp³-hybridized carbons (Fsp3) is 0.294. The monoisotopic (exact) mass is 282 g/mol. The standard InChI is InChI=1S/C17H18N2O2/c20-19-16-5-1-4-15-14(16)3-2-6-17(15)21-12-9-13-7-10-18-11-8-13/h2-3,6-8,10-11,20H,1,4-5,9,12H2. The predicted molar refractivity (Wildman–Crippen MR) is 81.1 cm³/mol. The molecule has 0 atom stereocenters. The van der Waals surface area contributed by atoms with Crippen LogP contribution in [0.15, 0.2) is 47.9 Å². The molecular formula is C17H18N2O2. The zero-order valence-corrected chi connectivity index (χ0v) is 11.8. The summed E-state index contributed by atoms with van der Waals surface area (Å²) in [5.41, 5.74) is 4.15. The third kappa shape index (κ3) is 3.05. The van der Waals surface area contributed by atoms with Crippen molar-refractivity contribution >= 4 is 5.71 Å². The van der Waals surface area contributed by atoms with Crippen LogP contribution >= 0.6 is 0 Å². The number of nitrogens with zero attached hydrogens (tertiary/aromatic N) is 2. The molecule has 0 radical (unpaired) electrons. The van der Waals surface area contributed by atoms with Gasteiger partial charge in [-0.05, 0) is 43.0 Å². The molecule has 1 aliphatic rings. The van der Waals surface area contributed by atoms with E-state index in [-0.39, 0.29) is 0 Å². The number of rotatable bonds is 4. The van der Waals surface area contributed by atoms with Gasteiger partial charge in [0.2, 0.25) is 0 Å². The van der Waals surface area contributed by atoms with Crippen LogP contribution in [0.25, 0.3) is 0 Å². The van der Waals surface area contributed by atoms with Gasteiger partial charge in [-0.25, -0.2) is 0 Å². The number of aromatic nitrogens is 1. The van der Waals surface area contributed by atoms with E-state index in [1.54, 1.807) is 12.4 Å². The molecule has 1 N–H and O–H groups in total. The van der Waals surface area contributed by atoms with Crippen molar-refractivity contribution < 1.29 is 9.94 Å². The largest absolute Gasteiger partial charge is 0.493 e. The molecular weight excluding hydrogens is 264 g/mol. The summed E-state index contributed by atoms with van der Waals surface area (Å²) < 4.78 is 5.94. The number of oxime groups is 1. The minimum atomic E-state index is 0.631. The summed E-state index contributed by atoms with van der Waals surface area (Å²) in [6.07, 6.45) is 7.24. The first kappa shape index (κ1) is 13.6. The smallest absolute Gasteiger partial charge is 0.123 e. The molecule has 1 aromatic carbocycles. The molecule has 108 valence electrons. The zero-order chi connectivity index (χ0) is 14.5. The van der Waals surface area contributed by atoms with E-state index >= 15 is 0 Å². The summed E-state index contributed by atoms with van der Waals surface area (Å²) in [5.74, 6) is 0.905. The van der Waals surface area contributed by atoms with Crippen LogP contribution in [-0.2, 0) is 12.8 Å². The lowest BCUT2D eigenvalue weighted by atomic mass is 9.89. The minimum absolute atomic E-state index is 0.631. The summed E-state index contributed by atoms with van der Waals surface area (Å²) in [5, 5.41) is 12.5. The molecule has 0 bridgehead atoms. The number of ether oxygens (including phenoxy) is 1. The maximum absolute atomic E-state index is 9.09. The van der Waals surface area contributed by atoms with Crippen LogP contribution in [0.4, 0.5) is 0 Å². The Kier molecular flexibility index (Phi) is 4.15. The molecule has 1 heterocycles. The van der Waals surface area contributed by atoms with Crippen molar-refractivity contribution in [3.8, 4) is 5.75 Å². The maximum atomic E-state index is 9.09. The van der Waals surface area contributed by atoms with Gasteiger partial charge in [0, 0.05) is 29.9 Å². The van der Waals surface area contributed by atoms with Gasteiger partial charge in [-0.15, -0.1) is 0 Å². The fourth-order valence-electron chi connectivity index (χ4n) is 2.73. The van der Waals surface area contributed by atoms with Gasteiger partial charge in [0.25, 0.3) is 0 Å². The van der Waals surface area contributed by atoms with Gasteiger partial charge in [0.05, 0.1) is 12.3 Å². The van der Waals surface area contributed by atoms with Gasteiger partial charge >= 0.3 is 0 Å². The first-order chi connectivity index (χ1) is 10.4. The van der Waals surface area contributed by atoms with E-state index in [0.29, 0.717) is 6.61 Å². The molecule has 2 aromatic rings. The SMILES string of the molecule is ON=C1CCCc2c(OCCc3ccncc3)cccc21. The molecule has 21 heavy (non-hydrogen) atoms. The van der Waals surface area contributed by atoms with Crippen LogP contribution in [0, 0.1) is 0 Å². The molecule has 0 fully saturated rings.